The van der Waals surface area contributed by atoms with E-state index in [9.17, 15) is 9.90 Å². The number of nitrogens with zero attached hydrogens (tertiary/aromatic N) is 1. The van der Waals surface area contributed by atoms with Crippen LogP contribution in [0, 0.1) is 10.8 Å². The molecule has 0 saturated carbocycles. The van der Waals surface area contributed by atoms with Gasteiger partial charge in [-0.15, -0.1) is 0 Å². The van der Waals surface area contributed by atoms with Crippen molar-refractivity contribution >= 4 is 42.9 Å². The fraction of sp³-hybridized carbons (Fsp3) is 0.348. The van der Waals surface area contributed by atoms with Gasteiger partial charge in [-0.1, -0.05) is 20.8 Å². The Hall–Kier alpha value is -3.16. The summed E-state index contributed by atoms with van der Waals surface area (Å²) in [5, 5.41) is 22.5. The van der Waals surface area contributed by atoms with Gasteiger partial charge in [0.05, 0.1) is 12.0 Å². The minimum absolute atomic E-state index is 0.00120. The van der Waals surface area contributed by atoms with Gasteiger partial charge in [0.1, 0.15) is 17.1 Å². The molecule has 0 bridgehead atoms. The van der Waals surface area contributed by atoms with Crippen molar-refractivity contribution < 1.29 is 18.8 Å². The molecular weight excluding hydrogens is 441 g/mol. The molecule has 2 rings (SSSR count). The van der Waals surface area contributed by atoms with Gasteiger partial charge in [-0.2, -0.15) is 0 Å². The number of amidine groups is 1. The Bertz CT molecular complexity index is 1040. The number of furan rings is 1. The molecule has 1 amide bonds. The molecule has 1 heterocycles. The van der Waals surface area contributed by atoms with Crippen molar-refractivity contribution in [3.63, 3.8) is 0 Å². The summed E-state index contributed by atoms with van der Waals surface area (Å²) in [6.45, 7) is 8.90. The van der Waals surface area contributed by atoms with Crippen LogP contribution in [0.25, 0.3) is 0 Å². The van der Waals surface area contributed by atoms with Gasteiger partial charge in [-0.3, -0.25) is 10.2 Å². The third-order valence-corrected chi connectivity index (χ3v) is 5.53. The van der Waals surface area contributed by atoms with Gasteiger partial charge in [-0.25, -0.2) is 4.99 Å². The van der Waals surface area contributed by atoms with Crippen LogP contribution in [0.2, 0.25) is 0 Å². The van der Waals surface area contributed by atoms with Crippen molar-refractivity contribution in [2.45, 2.75) is 34.1 Å². The molecule has 0 spiro atoms. The van der Waals surface area contributed by atoms with E-state index >= 15 is 0 Å². The molecule has 178 valence electrons. The maximum Gasteiger partial charge on any atom is 0.258 e. The van der Waals surface area contributed by atoms with Gasteiger partial charge in [-0.05, 0) is 49.1 Å². The van der Waals surface area contributed by atoms with Crippen LogP contribution in [-0.4, -0.2) is 35.7 Å². The Kier molecular flexibility index (Phi) is 9.20. The lowest BCUT2D eigenvalue weighted by atomic mass is 9.92. The minimum Gasteiger partial charge on any atom is -0.505 e. The van der Waals surface area contributed by atoms with Crippen LogP contribution in [0.15, 0.2) is 57.3 Å². The quantitative estimate of drug-likeness (QED) is 0.0886. The van der Waals surface area contributed by atoms with Gasteiger partial charge in [0.2, 0.25) is 0 Å². The van der Waals surface area contributed by atoms with E-state index in [4.69, 9.17) is 25.8 Å². The molecule has 1 aromatic carbocycles. The van der Waals surface area contributed by atoms with Crippen LogP contribution in [0.5, 0.6) is 0 Å². The van der Waals surface area contributed by atoms with Crippen molar-refractivity contribution in [3.8, 4) is 0 Å². The fourth-order valence-corrected chi connectivity index (χ4v) is 3.48. The summed E-state index contributed by atoms with van der Waals surface area (Å²) in [6, 6.07) is 8.12. The zero-order valence-electron chi connectivity index (χ0n) is 19.4. The van der Waals surface area contributed by atoms with Gasteiger partial charge >= 0.3 is 0 Å². The highest BCUT2D eigenvalue weighted by Gasteiger charge is 2.25. The van der Waals surface area contributed by atoms with E-state index in [1.807, 2.05) is 6.92 Å². The maximum absolute atomic E-state index is 13.0. The van der Waals surface area contributed by atoms with E-state index in [-0.39, 0.29) is 37.1 Å². The van der Waals surface area contributed by atoms with E-state index in [1.54, 1.807) is 24.3 Å². The number of aliphatic imine (C=N–C) groups is 1. The van der Waals surface area contributed by atoms with Gasteiger partial charge in [0, 0.05) is 33.0 Å². The van der Waals surface area contributed by atoms with Crippen molar-refractivity contribution in [3.05, 3.63) is 53.7 Å². The molecule has 0 radical (unpaired) electrons. The third-order valence-electron chi connectivity index (χ3n) is 4.47. The number of rotatable bonds is 10. The molecule has 10 heteroatoms. The maximum atomic E-state index is 13.0. The summed E-state index contributed by atoms with van der Waals surface area (Å²) < 4.78 is 10.7. The van der Waals surface area contributed by atoms with E-state index in [0.29, 0.717) is 36.3 Å². The summed E-state index contributed by atoms with van der Waals surface area (Å²) in [5.41, 5.74) is 12.4. The first-order valence-electron chi connectivity index (χ1n) is 10.5. The lowest BCUT2D eigenvalue weighted by Gasteiger charge is -2.18. The lowest BCUT2D eigenvalue weighted by molar-refractivity contribution is -0.117. The Labute approximate surface area is 195 Å². The molecule has 0 saturated heterocycles. The van der Waals surface area contributed by atoms with E-state index < -0.39 is 11.7 Å². The second kappa shape index (κ2) is 11.6. The largest absolute Gasteiger partial charge is 0.505 e. The molecular formula is C23H32N5O4P. The number of nitrogens with one attached hydrogen (secondary N) is 2. The number of allylic oxidation sites excluding steroid dienone is 1. The SMILES string of the molecule is CCOPc1cc(N)ccc1N=C(N)/C(C(=O)NCCC(C)(C)C)=C(\O)C(=N)c1ccco1. The van der Waals surface area contributed by atoms with E-state index in [2.05, 4.69) is 31.1 Å². The predicted molar refractivity (Wildman–Crippen MR) is 134 cm³/mol. The fourth-order valence-electron chi connectivity index (χ4n) is 2.72. The minimum atomic E-state index is -0.640. The van der Waals surface area contributed by atoms with Crippen molar-refractivity contribution in [1.29, 1.82) is 5.41 Å². The average molecular weight is 474 g/mol. The zero-order chi connectivity index (χ0) is 24.6. The van der Waals surface area contributed by atoms with Crippen molar-refractivity contribution in [1.82, 2.24) is 5.32 Å². The first-order chi connectivity index (χ1) is 15.5. The number of aliphatic hydroxyl groups is 1. The Morgan fingerprint density at radius 3 is 2.67 bits per heavy atom. The number of anilines is 1. The Balaban J connectivity index is 2.47. The molecule has 2 aromatic rings. The highest BCUT2D eigenvalue weighted by molar-refractivity contribution is 7.42. The van der Waals surface area contributed by atoms with Crippen LogP contribution in [0.3, 0.4) is 0 Å². The first-order valence-corrected chi connectivity index (χ1v) is 11.4. The first kappa shape index (κ1) is 26.1. The third kappa shape index (κ3) is 7.73. The zero-order valence-corrected chi connectivity index (χ0v) is 20.4. The highest BCUT2D eigenvalue weighted by atomic mass is 31.1. The second-order valence-corrected chi connectivity index (χ2v) is 9.48. The lowest BCUT2D eigenvalue weighted by Crippen LogP contribution is -2.35. The van der Waals surface area contributed by atoms with Crippen LogP contribution in [-0.2, 0) is 9.32 Å². The van der Waals surface area contributed by atoms with Gasteiger partial charge < -0.3 is 30.8 Å². The standard InChI is InChI=1S/C23H32N5O4P/c1-5-32-33-17-13-14(24)8-9-15(17)28-21(26)18(22(30)27-11-10-23(2,3)4)20(29)19(25)16-7-6-12-31-16/h6-9,12-13,25,29,33H,5,10-11,24H2,1-4H3,(H2,26,28)(H,27,30)/b20-18+,25-19?. The molecule has 1 unspecified atom stereocenters. The smallest absolute Gasteiger partial charge is 0.258 e. The van der Waals surface area contributed by atoms with Crippen molar-refractivity contribution in [2.24, 2.45) is 16.1 Å². The summed E-state index contributed by atoms with van der Waals surface area (Å²) >= 11 is 0. The normalized spacial score (nSPS) is 13.3. The molecule has 1 atom stereocenters. The monoisotopic (exact) mass is 473 g/mol. The second-order valence-electron chi connectivity index (χ2n) is 8.45. The van der Waals surface area contributed by atoms with Gasteiger partial charge in [0.15, 0.2) is 11.5 Å². The summed E-state index contributed by atoms with van der Waals surface area (Å²) in [4.78, 5) is 17.4. The number of aliphatic hydroxyl groups excluding tert-OH is 1. The number of hydrogen-bond acceptors (Lipinski definition) is 7. The molecule has 9 nitrogen and oxygen atoms in total. The van der Waals surface area contributed by atoms with E-state index in [0.717, 1.165) is 0 Å². The summed E-state index contributed by atoms with van der Waals surface area (Å²) in [5.74, 6) is -1.43. The Morgan fingerprint density at radius 2 is 2.06 bits per heavy atom. The molecule has 0 aliphatic carbocycles. The molecule has 0 aliphatic heterocycles. The van der Waals surface area contributed by atoms with Gasteiger partial charge in [0.25, 0.3) is 5.91 Å². The number of nitrogens with two attached hydrogens (primary N) is 2. The van der Waals surface area contributed by atoms with Crippen molar-refractivity contribution in [2.75, 3.05) is 18.9 Å². The summed E-state index contributed by atoms with van der Waals surface area (Å²) in [7, 11) is -0.0263. The Morgan fingerprint density at radius 1 is 1.33 bits per heavy atom. The van der Waals surface area contributed by atoms with Crippen LogP contribution in [0.1, 0.15) is 39.9 Å². The number of hydrogen-bond donors (Lipinski definition) is 5. The topological polar surface area (TPSA) is 160 Å². The molecule has 7 N–H and O–H groups in total. The van der Waals surface area contributed by atoms with Crippen LogP contribution >= 0.6 is 8.81 Å². The number of amides is 1. The van der Waals surface area contributed by atoms with Crippen LogP contribution in [0.4, 0.5) is 11.4 Å². The number of nitrogen functional groups attached to an aromatic ring is 1. The predicted octanol–water partition coefficient (Wildman–Crippen LogP) is 3.54. The number of carbonyl (C=O) groups excluding carboxylic acids is 1. The number of benzene rings is 1. The molecule has 0 aliphatic rings. The molecule has 0 fully saturated rings. The average Bonchev–Trinajstić information content (AvgIpc) is 3.27. The van der Waals surface area contributed by atoms with Crippen LogP contribution < -0.4 is 22.1 Å². The van der Waals surface area contributed by atoms with E-state index in [1.165, 1.54) is 12.3 Å². The number of carbonyl (C=O) groups is 1. The summed E-state index contributed by atoms with van der Waals surface area (Å²) in [6.07, 6.45) is 2.07. The highest BCUT2D eigenvalue weighted by Crippen LogP contribution is 2.24. The molecule has 1 aromatic heterocycles. The molecule has 33 heavy (non-hydrogen) atoms.